The maximum absolute atomic E-state index is 3.14. The van der Waals surface area contributed by atoms with Crippen molar-refractivity contribution in [3.63, 3.8) is 0 Å². The Hall–Kier alpha value is -0.960. The van der Waals surface area contributed by atoms with Crippen molar-refractivity contribution in [2.24, 2.45) is 5.92 Å². The lowest BCUT2D eigenvalue weighted by molar-refractivity contribution is 0.658. The zero-order valence-electron chi connectivity index (χ0n) is 8.36. The molecule has 0 aromatic rings. The van der Waals surface area contributed by atoms with Crippen molar-refractivity contribution in [2.45, 2.75) is 34.1 Å². The predicted octanol–water partition coefficient (Wildman–Crippen LogP) is 3.31. The Morgan fingerprint density at radius 3 is 2.67 bits per heavy atom. The Labute approximate surface area is 75.4 Å². The molecule has 1 aliphatic carbocycles. The van der Waals surface area contributed by atoms with Crippen LogP contribution in [0.1, 0.15) is 34.1 Å². The molecule has 0 N–H and O–H groups in total. The van der Waals surface area contributed by atoms with Crippen LogP contribution in [0.4, 0.5) is 0 Å². The monoisotopic (exact) mass is 160 g/mol. The van der Waals surface area contributed by atoms with E-state index in [-0.39, 0.29) is 0 Å². The van der Waals surface area contributed by atoms with Gasteiger partial charge in [0.05, 0.1) is 0 Å². The lowest BCUT2D eigenvalue weighted by Gasteiger charge is -2.19. The van der Waals surface area contributed by atoms with E-state index in [0.717, 1.165) is 0 Å². The summed E-state index contributed by atoms with van der Waals surface area (Å²) >= 11 is 0. The first kappa shape index (κ1) is 9.13. The van der Waals surface area contributed by atoms with Crippen LogP contribution in [0.5, 0.6) is 0 Å². The molecule has 1 aliphatic rings. The van der Waals surface area contributed by atoms with E-state index in [2.05, 4.69) is 38.7 Å². The minimum Gasteiger partial charge on any atom is -0.101 e. The van der Waals surface area contributed by atoms with E-state index >= 15 is 0 Å². The van der Waals surface area contributed by atoms with Gasteiger partial charge < -0.3 is 0 Å². The summed E-state index contributed by atoms with van der Waals surface area (Å²) in [7, 11) is 0. The number of hydrogen-bond acceptors (Lipinski definition) is 0. The van der Waals surface area contributed by atoms with E-state index < -0.39 is 0 Å². The molecule has 0 fully saturated rings. The summed E-state index contributed by atoms with van der Waals surface area (Å²) in [4.78, 5) is 0. The summed E-state index contributed by atoms with van der Waals surface area (Å²) < 4.78 is 0. The number of rotatable bonds is 0. The summed E-state index contributed by atoms with van der Waals surface area (Å²) in [5, 5.41) is 0. The van der Waals surface area contributed by atoms with Gasteiger partial charge in [0.2, 0.25) is 0 Å². The molecule has 0 bridgehead atoms. The molecule has 0 saturated heterocycles. The molecule has 0 aromatic heterocycles. The molecular formula is C12H16. The van der Waals surface area contributed by atoms with Crippen molar-refractivity contribution in [1.82, 2.24) is 0 Å². The summed E-state index contributed by atoms with van der Waals surface area (Å²) in [6, 6.07) is 0. The van der Waals surface area contributed by atoms with Crippen LogP contribution in [0.2, 0.25) is 0 Å². The quantitative estimate of drug-likeness (QED) is 0.477. The lowest BCUT2D eigenvalue weighted by Crippen LogP contribution is -2.04. The van der Waals surface area contributed by atoms with E-state index in [0.29, 0.717) is 5.92 Å². The molecule has 1 rings (SSSR count). The maximum atomic E-state index is 3.14. The summed E-state index contributed by atoms with van der Waals surface area (Å²) in [5.41, 5.74) is 4.12. The fourth-order valence-electron chi connectivity index (χ4n) is 1.50. The molecule has 1 unspecified atom stereocenters. The molecule has 0 saturated carbocycles. The molecule has 0 nitrogen and oxygen atoms in total. The molecular weight excluding hydrogens is 144 g/mol. The van der Waals surface area contributed by atoms with Gasteiger partial charge in [0.15, 0.2) is 0 Å². The third kappa shape index (κ3) is 1.80. The first-order valence-electron chi connectivity index (χ1n) is 4.46. The van der Waals surface area contributed by atoms with Crippen LogP contribution in [-0.4, -0.2) is 0 Å². The van der Waals surface area contributed by atoms with Crippen LogP contribution in [0.15, 0.2) is 22.8 Å². The Kier molecular flexibility index (Phi) is 2.76. The van der Waals surface area contributed by atoms with Gasteiger partial charge in [-0.3, -0.25) is 0 Å². The number of hydrogen-bond donors (Lipinski definition) is 0. The predicted molar refractivity (Wildman–Crippen MR) is 53.7 cm³/mol. The Morgan fingerprint density at radius 2 is 2.08 bits per heavy atom. The second-order valence-electron chi connectivity index (χ2n) is 3.56. The standard InChI is InChI=1S/C12H16/c1-5-6-12-8-10(3)9(2)7-11(12)4/h8-9H,7H2,1-4H3. The average Bonchev–Trinajstić information content (AvgIpc) is 2.01. The van der Waals surface area contributed by atoms with Crippen molar-refractivity contribution >= 4 is 0 Å². The van der Waals surface area contributed by atoms with E-state index in [1.165, 1.54) is 23.1 Å². The van der Waals surface area contributed by atoms with Gasteiger partial charge in [0.1, 0.15) is 0 Å². The van der Waals surface area contributed by atoms with Gasteiger partial charge in [-0.05, 0) is 39.2 Å². The topological polar surface area (TPSA) is 0 Å². The normalized spacial score (nSPS) is 23.0. The van der Waals surface area contributed by atoms with Crippen LogP contribution in [0, 0.1) is 17.8 Å². The highest BCUT2D eigenvalue weighted by molar-refractivity contribution is 5.45. The smallest absolute Gasteiger partial charge is 0.0234 e. The Morgan fingerprint density at radius 1 is 1.42 bits per heavy atom. The molecule has 64 valence electrons. The van der Waals surface area contributed by atoms with Crippen molar-refractivity contribution in [3.05, 3.63) is 22.8 Å². The fourth-order valence-corrected chi connectivity index (χ4v) is 1.50. The zero-order chi connectivity index (χ0) is 9.14. The second-order valence-corrected chi connectivity index (χ2v) is 3.56. The molecule has 0 aliphatic heterocycles. The second kappa shape index (κ2) is 3.63. The van der Waals surface area contributed by atoms with Gasteiger partial charge in [0, 0.05) is 5.57 Å². The molecule has 1 atom stereocenters. The lowest BCUT2D eigenvalue weighted by atomic mass is 9.86. The molecule has 0 aromatic carbocycles. The Balaban J connectivity index is 2.99. The highest BCUT2D eigenvalue weighted by atomic mass is 14.2. The molecule has 0 heterocycles. The highest BCUT2D eigenvalue weighted by Crippen LogP contribution is 2.27. The fraction of sp³-hybridized carbons (Fsp3) is 0.500. The minimum absolute atomic E-state index is 0.701. The van der Waals surface area contributed by atoms with Crippen molar-refractivity contribution < 1.29 is 0 Å². The number of allylic oxidation sites excluding steroid dienone is 4. The van der Waals surface area contributed by atoms with Crippen molar-refractivity contribution in [1.29, 1.82) is 0 Å². The zero-order valence-corrected chi connectivity index (χ0v) is 8.36. The molecule has 0 spiro atoms. The van der Waals surface area contributed by atoms with Gasteiger partial charge in [-0.1, -0.05) is 24.0 Å². The minimum atomic E-state index is 0.701. The van der Waals surface area contributed by atoms with E-state index in [1.54, 1.807) is 0 Å². The van der Waals surface area contributed by atoms with Crippen molar-refractivity contribution in [2.75, 3.05) is 0 Å². The Bertz CT molecular complexity index is 292. The van der Waals surface area contributed by atoms with Crippen LogP contribution < -0.4 is 0 Å². The summed E-state index contributed by atoms with van der Waals surface area (Å²) in [6.07, 6.45) is 3.40. The van der Waals surface area contributed by atoms with E-state index in [9.17, 15) is 0 Å². The van der Waals surface area contributed by atoms with Crippen LogP contribution >= 0.6 is 0 Å². The third-order valence-electron chi connectivity index (χ3n) is 2.48. The molecule has 0 amide bonds. The van der Waals surface area contributed by atoms with Gasteiger partial charge in [-0.25, -0.2) is 0 Å². The van der Waals surface area contributed by atoms with Crippen molar-refractivity contribution in [3.8, 4) is 11.8 Å². The SMILES string of the molecule is CC#CC1=C(C)CC(C)C(C)=C1. The van der Waals surface area contributed by atoms with E-state index in [4.69, 9.17) is 0 Å². The van der Waals surface area contributed by atoms with Crippen LogP contribution in [-0.2, 0) is 0 Å². The first-order valence-corrected chi connectivity index (χ1v) is 4.46. The molecule has 0 radical (unpaired) electrons. The summed E-state index contributed by atoms with van der Waals surface area (Å²) in [5.74, 6) is 6.79. The van der Waals surface area contributed by atoms with Gasteiger partial charge in [-0.15, -0.1) is 5.92 Å². The van der Waals surface area contributed by atoms with Gasteiger partial charge in [-0.2, -0.15) is 0 Å². The molecule has 12 heavy (non-hydrogen) atoms. The summed E-state index contributed by atoms with van der Waals surface area (Å²) in [6.45, 7) is 8.53. The largest absolute Gasteiger partial charge is 0.101 e. The van der Waals surface area contributed by atoms with E-state index in [1.807, 2.05) is 6.92 Å². The van der Waals surface area contributed by atoms with Gasteiger partial charge in [0.25, 0.3) is 0 Å². The maximum Gasteiger partial charge on any atom is 0.0234 e. The van der Waals surface area contributed by atoms with Crippen LogP contribution in [0.25, 0.3) is 0 Å². The third-order valence-corrected chi connectivity index (χ3v) is 2.48. The first-order chi connectivity index (χ1) is 5.65. The van der Waals surface area contributed by atoms with Crippen LogP contribution in [0.3, 0.4) is 0 Å². The highest BCUT2D eigenvalue weighted by Gasteiger charge is 2.12. The average molecular weight is 160 g/mol. The molecule has 0 heteroatoms. The van der Waals surface area contributed by atoms with Gasteiger partial charge >= 0.3 is 0 Å².